The fourth-order valence-corrected chi connectivity index (χ4v) is 4.01. The Bertz CT molecular complexity index is 978. The average molecular weight is 453 g/mol. The zero-order valence-electron chi connectivity index (χ0n) is 15.6. The zero-order chi connectivity index (χ0) is 21.1. The first-order valence-corrected chi connectivity index (χ1v) is 10.1. The Balaban J connectivity index is 1.86. The first-order chi connectivity index (χ1) is 13.8. The van der Waals surface area contributed by atoms with Gasteiger partial charge in [-0.3, -0.25) is 15.2 Å². The predicted molar refractivity (Wildman–Crippen MR) is 118 cm³/mol. The number of hydrogen-bond donors (Lipinski definition) is 2. The predicted octanol–water partition coefficient (Wildman–Crippen LogP) is 4.43. The number of rotatable bonds is 3. The summed E-state index contributed by atoms with van der Waals surface area (Å²) in [7, 11) is 0. The Morgan fingerprint density at radius 2 is 1.93 bits per heavy atom. The molecule has 1 N–H and O–H groups in total. The first kappa shape index (κ1) is 21.6. The molecule has 0 saturated carbocycles. The highest BCUT2D eigenvalue weighted by Gasteiger charge is 2.30. The van der Waals surface area contributed by atoms with Crippen molar-refractivity contribution < 1.29 is 9.18 Å². The van der Waals surface area contributed by atoms with Gasteiger partial charge in [-0.1, -0.05) is 29.3 Å². The third-order valence-corrected chi connectivity index (χ3v) is 5.78. The van der Waals surface area contributed by atoms with Crippen LogP contribution in [0, 0.1) is 5.41 Å². The van der Waals surface area contributed by atoms with Crippen molar-refractivity contribution >= 4 is 53.0 Å². The molecule has 0 radical (unpaired) electrons. The number of halogens is 3. The van der Waals surface area contributed by atoms with Gasteiger partial charge in [-0.15, -0.1) is 12.6 Å². The number of piperazine rings is 1. The van der Waals surface area contributed by atoms with Crippen LogP contribution in [0.2, 0.25) is 5.02 Å². The molecule has 1 aromatic heterocycles. The number of nitrogens with one attached hydrogen (secondary N) is 1. The maximum Gasteiger partial charge on any atom is 0.246 e. The van der Waals surface area contributed by atoms with E-state index in [0.29, 0.717) is 31.2 Å². The molecule has 0 atom stereocenters. The van der Waals surface area contributed by atoms with Crippen molar-refractivity contribution in [2.45, 2.75) is 6.92 Å². The van der Waals surface area contributed by atoms with E-state index in [1.54, 1.807) is 30.0 Å². The van der Waals surface area contributed by atoms with Gasteiger partial charge in [0.25, 0.3) is 0 Å². The molecule has 29 heavy (non-hydrogen) atoms. The van der Waals surface area contributed by atoms with E-state index in [0.717, 1.165) is 0 Å². The molecular weight excluding hydrogens is 434 g/mol. The molecule has 1 aliphatic carbocycles. The van der Waals surface area contributed by atoms with E-state index in [2.05, 4.69) is 17.6 Å². The van der Waals surface area contributed by atoms with Crippen LogP contribution in [0.4, 0.5) is 4.39 Å². The van der Waals surface area contributed by atoms with Crippen LogP contribution in [0.3, 0.4) is 0 Å². The third-order valence-electron chi connectivity index (χ3n) is 4.65. The van der Waals surface area contributed by atoms with Gasteiger partial charge in [0.2, 0.25) is 5.91 Å². The number of carbonyl (C=O) groups is 1. The lowest BCUT2D eigenvalue weighted by Gasteiger charge is -2.36. The van der Waals surface area contributed by atoms with Crippen LogP contribution in [0.5, 0.6) is 0 Å². The van der Waals surface area contributed by atoms with Crippen LogP contribution in [-0.4, -0.2) is 52.6 Å². The minimum absolute atomic E-state index is 0.00563. The van der Waals surface area contributed by atoms with E-state index < -0.39 is 5.83 Å². The molecule has 0 spiro atoms. The summed E-state index contributed by atoms with van der Waals surface area (Å²) >= 11 is 17.0. The standard InChI is InChI=1S/C20H19Cl2FN4OS/c1-2-4-15(28)26-7-9-27(10-8-26)20(29)12-11-14(22)16(17(23)18(12)24)19-13(21)5-3-6-25-19/h2-6,11,24,29H,7-10H2,1H3/b4-2-,20-12-,24-18?. The van der Waals surface area contributed by atoms with Gasteiger partial charge in [-0.2, -0.15) is 0 Å². The summed E-state index contributed by atoms with van der Waals surface area (Å²) in [5.74, 6) is -0.846. The minimum Gasteiger partial charge on any atom is -0.362 e. The van der Waals surface area contributed by atoms with Gasteiger partial charge >= 0.3 is 0 Å². The lowest BCUT2D eigenvalue weighted by atomic mass is 9.96. The quantitative estimate of drug-likeness (QED) is 0.526. The lowest BCUT2D eigenvalue weighted by molar-refractivity contribution is -0.127. The highest BCUT2D eigenvalue weighted by atomic mass is 35.5. The van der Waals surface area contributed by atoms with Gasteiger partial charge in [0.15, 0.2) is 5.83 Å². The number of aromatic nitrogens is 1. The van der Waals surface area contributed by atoms with Crippen molar-refractivity contribution in [1.82, 2.24) is 14.8 Å². The largest absolute Gasteiger partial charge is 0.362 e. The summed E-state index contributed by atoms with van der Waals surface area (Å²) in [6, 6.07) is 3.22. The van der Waals surface area contributed by atoms with Crippen LogP contribution < -0.4 is 0 Å². The molecule has 9 heteroatoms. The van der Waals surface area contributed by atoms with Crippen LogP contribution in [0.25, 0.3) is 5.57 Å². The topological polar surface area (TPSA) is 60.3 Å². The number of amides is 1. The molecule has 1 fully saturated rings. The van der Waals surface area contributed by atoms with Crippen molar-refractivity contribution in [3.05, 3.63) is 68.7 Å². The monoisotopic (exact) mass is 452 g/mol. The summed E-state index contributed by atoms with van der Waals surface area (Å²) in [5.41, 5.74) is 0.130. The average Bonchev–Trinajstić information content (AvgIpc) is 2.72. The molecule has 0 bridgehead atoms. The number of thiol groups is 1. The van der Waals surface area contributed by atoms with Crippen LogP contribution in [0.15, 0.2) is 58.0 Å². The zero-order valence-corrected chi connectivity index (χ0v) is 18.0. The van der Waals surface area contributed by atoms with Gasteiger partial charge < -0.3 is 9.80 Å². The van der Waals surface area contributed by atoms with Gasteiger partial charge in [-0.25, -0.2) is 4.39 Å². The molecule has 3 rings (SSSR count). The second-order valence-corrected chi connectivity index (χ2v) is 7.68. The van der Waals surface area contributed by atoms with Crippen molar-refractivity contribution in [2.24, 2.45) is 0 Å². The van der Waals surface area contributed by atoms with Crippen molar-refractivity contribution in [1.29, 1.82) is 5.41 Å². The highest BCUT2D eigenvalue weighted by molar-refractivity contribution is 7.84. The van der Waals surface area contributed by atoms with E-state index in [1.165, 1.54) is 18.3 Å². The normalized spacial score (nSPS) is 19.8. The van der Waals surface area contributed by atoms with Crippen molar-refractivity contribution in [2.75, 3.05) is 26.2 Å². The number of pyridine rings is 1. The summed E-state index contributed by atoms with van der Waals surface area (Å²) in [6.45, 7) is 3.86. The molecule has 0 unspecified atom stereocenters. The summed E-state index contributed by atoms with van der Waals surface area (Å²) in [6.07, 6.45) is 6.23. The summed E-state index contributed by atoms with van der Waals surface area (Å²) in [4.78, 5) is 19.7. The second-order valence-electron chi connectivity index (χ2n) is 6.44. The number of allylic oxidation sites excluding steroid dienone is 6. The van der Waals surface area contributed by atoms with Crippen LogP contribution >= 0.6 is 35.8 Å². The van der Waals surface area contributed by atoms with Gasteiger partial charge in [0.05, 0.1) is 26.4 Å². The van der Waals surface area contributed by atoms with E-state index in [9.17, 15) is 4.79 Å². The Hall–Kier alpha value is -2.09. The molecule has 2 aliphatic rings. The van der Waals surface area contributed by atoms with Crippen molar-refractivity contribution in [3.63, 3.8) is 0 Å². The fourth-order valence-electron chi connectivity index (χ4n) is 3.14. The SMILES string of the molecule is C/C=C\C(=O)N1CCN(/C(S)=C2\C=C(Cl)C(c3ncccc3Cl)=C(F)C2=N)CC1. The Labute approximate surface area is 184 Å². The molecule has 1 aromatic rings. The second kappa shape index (κ2) is 9.15. The van der Waals surface area contributed by atoms with E-state index in [-0.39, 0.29) is 38.5 Å². The highest BCUT2D eigenvalue weighted by Crippen LogP contribution is 2.39. The Kier molecular flexibility index (Phi) is 6.82. The summed E-state index contributed by atoms with van der Waals surface area (Å²) in [5, 5.41) is 9.07. The molecule has 2 heterocycles. The molecule has 1 aliphatic heterocycles. The van der Waals surface area contributed by atoms with Gasteiger partial charge in [0.1, 0.15) is 5.71 Å². The number of nitrogens with zero attached hydrogens (tertiary/aromatic N) is 3. The number of hydrogen-bond acceptors (Lipinski definition) is 5. The van der Waals surface area contributed by atoms with Gasteiger partial charge in [0, 0.05) is 37.9 Å². The first-order valence-electron chi connectivity index (χ1n) is 8.92. The fraction of sp³-hybridized carbons (Fsp3) is 0.250. The lowest BCUT2D eigenvalue weighted by Crippen LogP contribution is -2.47. The Morgan fingerprint density at radius 1 is 1.28 bits per heavy atom. The maximum atomic E-state index is 15.1. The van der Waals surface area contributed by atoms with E-state index in [1.807, 2.05) is 4.90 Å². The maximum absolute atomic E-state index is 15.1. The van der Waals surface area contributed by atoms with E-state index in [4.69, 9.17) is 28.6 Å². The van der Waals surface area contributed by atoms with Crippen LogP contribution in [0.1, 0.15) is 12.6 Å². The smallest absolute Gasteiger partial charge is 0.246 e. The molecule has 0 aromatic carbocycles. The molecule has 5 nitrogen and oxygen atoms in total. The molecule has 1 amide bonds. The van der Waals surface area contributed by atoms with Gasteiger partial charge in [-0.05, 0) is 31.2 Å². The molecular formula is C20H19Cl2FN4OS. The molecule has 152 valence electrons. The Morgan fingerprint density at radius 3 is 2.55 bits per heavy atom. The summed E-state index contributed by atoms with van der Waals surface area (Å²) < 4.78 is 15.1. The van der Waals surface area contributed by atoms with Crippen molar-refractivity contribution in [3.8, 4) is 0 Å². The third kappa shape index (κ3) is 4.42. The van der Waals surface area contributed by atoms with Crippen LogP contribution in [-0.2, 0) is 4.79 Å². The van der Waals surface area contributed by atoms with E-state index >= 15 is 4.39 Å². The molecule has 1 saturated heterocycles. The number of carbonyl (C=O) groups excluding carboxylic acids is 1. The minimum atomic E-state index is -0.804.